The number of halogens is 1. The lowest BCUT2D eigenvalue weighted by atomic mass is 10.4. The Hall–Kier alpha value is -2.21. The van der Waals surface area contributed by atoms with Crippen LogP contribution in [0.3, 0.4) is 0 Å². The summed E-state index contributed by atoms with van der Waals surface area (Å²) < 4.78 is 26.9. The minimum absolute atomic E-state index is 0.0451. The van der Waals surface area contributed by atoms with Crippen LogP contribution in [0, 0.1) is 0 Å². The van der Waals surface area contributed by atoms with Crippen molar-refractivity contribution in [1.82, 2.24) is 9.97 Å². The van der Waals surface area contributed by atoms with Gasteiger partial charge in [-0.05, 0) is 45.9 Å². The van der Waals surface area contributed by atoms with E-state index in [0.29, 0.717) is 42.5 Å². The molecule has 0 spiro atoms. The van der Waals surface area contributed by atoms with Crippen LogP contribution in [0.25, 0.3) is 0 Å². The fraction of sp³-hybridized carbons (Fsp3) is 0.545. The molecule has 2 aliphatic heterocycles. The summed E-state index contributed by atoms with van der Waals surface area (Å²) in [6, 6.07) is 10.4. The predicted molar refractivity (Wildman–Crippen MR) is 125 cm³/mol. The molecule has 2 aliphatic rings. The number of aliphatic hydroxyl groups is 1. The van der Waals surface area contributed by atoms with E-state index in [1.54, 1.807) is 36.4 Å². The Bertz CT molecular complexity index is 853. The van der Waals surface area contributed by atoms with Crippen molar-refractivity contribution in [2.75, 3.05) is 37.9 Å². The van der Waals surface area contributed by atoms with E-state index in [1.165, 1.54) is 0 Å². The van der Waals surface area contributed by atoms with E-state index in [0.717, 1.165) is 0 Å². The third kappa shape index (κ3) is 10.5. The first-order valence-corrected chi connectivity index (χ1v) is 10.8. The zero-order chi connectivity index (χ0) is 24.5. The minimum atomic E-state index is -0.517. The van der Waals surface area contributed by atoms with Crippen molar-refractivity contribution in [3.63, 3.8) is 0 Å². The lowest BCUT2D eigenvalue weighted by Gasteiger charge is -2.17. The van der Waals surface area contributed by atoms with E-state index in [1.807, 2.05) is 27.7 Å². The largest absolute Gasteiger partial charge is 0.475 e. The van der Waals surface area contributed by atoms with Gasteiger partial charge in [0.15, 0.2) is 11.6 Å². The molecule has 2 atom stereocenters. The maximum Gasteiger partial charge on any atom is 0.215 e. The number of aliphatic hydroxyl groups excluding tert-OH is 1. The lowest BCUT2D eigenvalue weighted by molar-refractivity contribution is -0.142. The topological polar surface area (TPSA) is 144 Å². The van der Waals surface area contributed by atoms with Crippen molar-refractivity contribution in [1.29, 1.82) is 0 Å². The van der Waals surface area contributed by atoms with Crippen LogP contribution in [-0.2, 0) is 18.9 Å². The first-order chi connectivity index (χ1) is 15.5. The van der Waals surface area contributed by atoms with Gasteiger partial charge in [-0.15, -0.1) is 0 Å². The Balaban J connectivity index is 0.000000192. The zero-order valence-electron chi connectivity index (χ0n) is 19.4. The van der Waals surface area contributed by atoms with Gasteiger partial charge in [0.1, 0.15) is 35.6 Å². The monoisotopic (exact) mass is 484 g/mol. The lowest BCUT2D eigenvalue weighted by Crippen LogP contribution is -2.25. The second kappa shape index (κ2) is 12.3. The van der Waals surface area contributed by atoms with Crippen molar-refractivity contribution < 1.29 is 28.8 Å². The van der Waals surface area contributed by atoms with Crippen LogP contribution in [0.4, 0.5) is 11.6 Å². The fourth-order valence-electron chi connectivity index (χ4n) is 2.81. The maximum atomic E-state index is 8.59. The van der Waals surface area contributed by atoms with Crippen LogP contribution < -0.4 is 16.2 Å². The molecule has 0 bridgehead atoms. The highest BCUT2D eigenvalue weighted by Gasteiger charge is 2.33. The molecule has 2 aromatic heterocycles. The van der Waals surface area contributed by atoms with E-state index >= 15 is 0 Å². The Kier molecular flexibility index (Phi) is 10.1. The molecule has 10 nitrogen and oxygen atoms in total. The second-order valence-corrected chi connectivity index (χ2v) is 8.57. The summed E-state index contributed by atoms with van der Waals surface area (Å²) in [6.07, 6.45) is -0.182. The van der Waals surface area contributed by atoms with Gasteiger partial charge < -0.3 is 40.3 Å². The van der Waals surface area contributed by atoms with E-state index in [2.05, 4.69) is 9.97 Å². The van der Waals surface area contributed by atoms with Crippen LogP contribution in [-0.4, -0.2) is 65.3 Å². The van der Waals surface area contributed by atoms with Gasteiger partial charge in [-0.3, -0.25) is 0 Å². The molecule has 5 N–H and O–H groups in total. The molecule has 11 heteroatoms. The molecule has 184 valence electrons. The van der Waals surface area contributed by atoms with Gasteiger partial charge in [-0.25, -0.2) is 4.98 Å². The summed E-state index contributed by atoms with van der Waals surface area (Å²) in [7, 11) is 0. The van der Waals surface area contributed by atoms with Crippen molar-refractivity contribution in [2.45, 2.75) is 51.5 Å². The summed E-state index contributed by atoms with van der Waals surface area (Å²) in [6.45, 7) is 8.94. The van der Waals surface area contributed by atoms with E-state index in [4.69, 9.17) is 51.9 Å². The molecule has 4 heterocycles. The quantitative estimate of drug-likeness (QED) is 0.553. The SMILES string of the molecule is CC1(C)OC[C@@H](CO)O1.CC1(C)OC[C@@H](COc2cccc(N)n2)O1.Nc1cccc(Cl)n1. The first-order valence-electron chi connectivity index (χ1n) is 10.5. The Labute approximate surface area is 199 Å². The highest BCUT2D eigenvalue weighted by molar-refractivity contribution is 6.29. The third-order valence-corrected chi connectivity index (χ3v) is 4.45. The average molecular weight is 485 g/mol. The van der Waals surface area contributed by atoms with Gasteiger partial charge in [0.2, 0.25) is 5.88 Å². The maximum absolute atomic E-state index is 8.59. The van der Waals surface area contributed by atoms with Gasteiger partial charge in [0.25, 0.3) is 0 Å². The molecule has 0 saturated carbocycles. The molecule has 4 rings (SSSR count). The Morgan fingerprint density at radius 3 is 1.88 bits per heavy atom. The summed E-state index contributed by atoms with van der Waals surface area (Å²) in [5.74, 6) is 0.400. The molecular formula is C22H33ClN4O6. The number of rotatable bonds is 4. The average Bonchev–Trinajstić information content (AvgIpc) is 3.27. The predicted octanol–water partition coefficient (Wildman–Crippen LogP) is 2.64. The smallest absolute Gasteiger partial charge is 0.215 e. The van der Waals surface area contributed by atoms with Crippen LogP contribution >= 0.6 is 11.6 Å². The van der Waals surface area contributed by atoms with Gasteiger partial charge in [0.05, 0.1) is 19.8 Å². The second-order valence-electron chi connectivity index (χ2n) is 8.18. The molecule has 0 aliphatic carbocycles. The highest BCUT2D eigenvalue weighted by Crippen LogP contribution is 2.23. The number of hydrogen-bond acceptors (Lipinski definition) is 10. The van der Waals surface area contributed by atoms with Gasteiger partial charge in [-0.2, -0.15) is 4.98 Å². The van der Waals surface area contributed by atoms with E-state index in [9.17, 15) is 0 Å². The normalized spacial score (nSPS) is 22.5. The number of pyridine rings is 2. The van der Waals surface area contributed by atoms with Crippen LogP contribution in [0.2, 0.25) is 5.15 Å². The molecule has 0 aromatic carbocycles. The first kappa shape index (κ1) is 27.0. The molecule has 33 heavy (non-hydrogen) atoms. The van der Waals surface area contributed by atoms with Crippen molar-refractivity contribution in [2.24, 2.45) is 0 Å². The molecule has 2 saturated heterocycles. The number of aromatic nitrogens is 2. The fourth-order valence-corrected chi connectivity index (χ4v) is 2.98. The summed E-state index contributed by atoms with van der Waals surface area (Å²) >= 11 is 5.45. The number of nitrogens with two attached hydrogens (primary N) is 2. The molecular weight excluding hydrogens is 452 g/mol. The number of ether oxygens (including phenoxy) is 5. The molecule has 0 amide bonds. The zero-order valence-corrected chi connectivity index (χ0v) is 20.1. The van der Waals surface area contributed by atoms with Crippen molar-refractivity contribution in [3.05, 3.63) is 41.6 Å². The van der Waals surface area contributed by atoms with Crippen LogP contribution in [0.15, 0.2) is 36.4 Å². The van der Waals surface area contributed by atoms with Crippen LogP contribution in [0.1, 0.15) is 27.7 Å². The van der Waals surface area contributed by atoms with Crippen molar-refractivity contribution in [3.8, 4) is 5.88 Å². The Morgan fingerprint density at radius 2 is 1.48 bits per heavy atom. The summed E-state index contributed by atoms with van der Waals surface area (Å²) in [4.78, 5) is 7.75. The van der Waals surface area contributed by atoms with Gasteiger partial charge >= 0.3 is 0 Å². The molecule has 0 unspecified atom stereocenters. The number of nitrogen functional groups attached to an aromatic ring is 2. The van der Waals surface area contributed by atoms with Gasteiger partial charge in [0, 0.05) is 6.07 Å². The molecule has 2 aromatic rings. The van der Waals surface area contributed by atoms with Crippen LogP contribution in [0.5, 0.6) is 5.88 Å². The van der Waals surface area contributed by atoms with Gasteiger partial charge in [-0.1, -0.05) is 23.7 Å². The number of nitrogens with zero attached hydrogens (tertiary/aromatic N) is 2. The summed E-state index contributed by atoms with van der Waals surface area (Å²) in [5.41, 5.74) is 10.8. The van der Waals surface area contributed by atoms with Crippen molar-refractivity contribution >= 4 is 23.2 Å². The molecule has 2 fully saturated rings. The Morgan fingerprint density at radius 1 is 0.939 bits per heavy atom. The van der Waals surface area contributed by atoms with E-state index < -0.39 is 11.6 Å². The summed E-state index contributed by atoms with van der Waals surface area (Å²) in [5, 5.41) is 9.03. The third-order valence-electron chi connectivity index (χ3n) is 4.24. The minimum Gasteiger partial charge on any atom is -0.475 e. The number of anilines is 2. The number of hydrogen-bond donors (Lipinski definition) is 3. The van der Waals surface area contributed by atoms with E-state index in [-0.39, 0.29) is 18.8 Å². The standard InChI is InChI=1S/C11H16N2O3.C6H12O3.C5H5ClN2/c1-11(2)15-7-8(16-11)6-14-10-5-3-4-9(12)13-10;1-6(2)8-4-5(3-7)9-6;6-4-2-1-3-5(7)8-4/h3-5,8H,6-7H2,1-2H3,(H2,12,13);5,7H,3-4H2,1-2H3;1-3H,(H2,7,8)/t8-;5-;/m11./s1. The molecule has 0 radical (unpaired) electrons. The highest BCUT2D eigenvalue weighted by atomic mass is 35.5.